The number of aromatic nitrogens is 8. The van der Waals surface area contributed by atoms with Gasteiger partial charge in [0, 0.05) is 24.8 Å². The van der Waals surface area contributed by atoms with Crippen molar-refractivity contribution in [3.8, 4) is 28.7 Å². The van der Waals surface area contributed by atoms with Gasteiger partial charge in [0.2, 0.25) is 0 Å². The molecule has 0 fully saturated rings. The lowest BCUT2D eigenvalue weighted by atomic mass is 10.2. The molecule has 0 radical (unpaired) electrons. The van der Waals surface area contributed by atoms with Gasteiger partial charge >= 0.3 is 0 Å². The third-order valence-electron chi connectivity index (χ3n) is 2.96. The summed E-state index contributed by atoms with van der Waals surface area (Å²) in [6.45, 7) is 0. The average Bonchev–Trinajstić information content (AvgIpc) is 3.23. The first-order chi connectivity index (χ1) is 9.93. The molecule has 0 aromatic carbocycles. The van der Waals surface area contributed by atoms with Crippen LogP contribution >= 0.6 is 0 Å². The van der Waals surface area contributed by atoms with E-state index in [1.54, 1.807) is 23.3 Å². The van der Waals surface area contributed by atoms with Gasteiger partial charge in [0.15, 0.2) is 5.82 Å². The van der Waals surface area contributed by atoms with Gasteiger partial charge in [-0.3, -0.25) is 5.10 Å². The quantitative estimate of drug-likeness (QED) is 0.521. The first-order valence-electron chi connectivity index (χ1n) is 6.02. The third kappa shape index (κ3) is 1.55. The van der Waals surface area contributed by atoms with E-state index in [0.29, 0.717) is 11.5 Å². The SMILES string of the molecule is c1c[nH]c(-n2nnc(-c3ccn[nH]3)c2-c2ncc[nH]2)c1. The van der Waals surface area contributed by atoms with Crippen LogP contribution in [0.25, 0.3) is 28.7 Å². The Hall–Kier alpha value is -3.16. The molecule has 0 amide bonds. The number of imidazole rings is 1. The van der Waals surface area contributed by atoms with Crippen LogP contribution in [0.2, 0.25) is 0 Å². The summed E-state index contributed by atoms with van der Waals surface area (Å²) in [5, 5.41) is 15.3. The molecule has 98 valence electrons. The van der Waals surface area contributed by atoms with Crippen LogP contribution in [0.5, 0.6) is 0 Å². The summed E-state index contributed by atoms with van der Waals surface area (Å²) in [7, 11) is 0. The van der Waals surface area contributed by atoms with Crippen molar-refractivity contribution >= 4 is 0 Å². The zero-order chi connectivity index (χ0) is 13.4. The highest BCUT2D eigenvalue weighted by molar-refractivity contribution is 5.73. The van der Waals surface area contributed by atoms with Crippen LogP contribution in [0.3, 0.4) is 0 Å². The van der Waals surface area contributed by atoms with E-state index in [4.69, 9.17) is 0 Å². The summed E-state index contributed by atoms with van der Waals surface area (Å²) in [6.07, 6.45) is 6.96. The van der Waals surface area contributed by atoms with Gasteiger partial charge < -0.3 is 9.97 Å². The van der Waals surface area contributed by atoms with E-state index in [1.807, 2.05) is 24.4 Å². The zero-order valence-corrected chi connectivity index (χ0v) is 10.3. The Morgan fingerprint density at radius 1 is 1.05 bits per heavy atom. The Morgan fingerprint density at radius 3 is 2.75 bits per heavy atom. The van der Waals surface area contributed by atoms with Crippen molar-refractivity contribution in [1.82, 2.24) is 40.1 Å². The zero-order valence-electron chi connectivity index (χ0n) is 10.3. The Bertz CT molecular complexity index is 740. The van der Waals surface area contributed by atoms with Crippen molar-refractivity contribution in [1.29, 1.82) is 0 Å². The van der Waals surface area contributed by atoms with E-state index in [9.17, 15) is 0 Å². The van der Waals surface area contributed by atoms with Crippen LogP contribution in [0.1, 0.15) is 0 Å². The maximum Gasteiger partial charge on any atom is 0.158 e. The molecule has 0 aliphatic rings. The lowest BCUT2D eigenvalue weighted by Crippen LogP contribution is -2.00. The smallest absolute Gasteiger partial charge is 0.158 e. The van der Waals surface area contributed by atoms with E-state index in [2.05, 4.69) is 35.5 Å². The first kappa shape index (κ1) is 10.7. The Kier molecular flexibility index (Phi) is 2.25. The molecule has 3 N–H and O–H groups in total. The molecular formula is C12H10N8. The van der Waals surface area contributed by atoms with Gasteiger partial charge in [-0.25, -0.2) is 4.98 Å². The topological polar surface area (TPSA) is 104 Å². The van der Waals surface area contributed by atoms with Gasteiger partial charge in [0.1, 0.15) is 17.2 Å². The van der Waals surface area contributed by atoms with Gasteiger partial charge in [-0.05, 0) is 18.2 Å². The van der Waals surface area contributed by atoms with E-state index in [-0.39, 0.29) is 0 Å². The third-order valence-corrected chi connectivity index (χ3v) is 2.96. The molecule has 4 heterocycles. The van der Waals surface area contributed by atoms with Gasteiger partial charge in [0.25, 0.3) is 0 Å². The molecule has 4 aromatic rings. The number of nitrogens with zero attached hydrogens (tertiary/aromatic N) is 5. The van der Waals surface area contributed by atoms with E-state index >= 15 is 0 Å². The fourth-order valence-electron chi connectivity index (χ4n) is 2.08. The molecule has 20 heavy (non-hydrogen) atoms. The number of aromatic amines is 3. The molecular weight excluding hydrogens is 256 g/mol. The standard InChI is InChI=1S/C12H10N8/c1-2-9(13-4-1)20-11(12-14-6-7-15-12)10(18-19-20)8-3-5-16-17-8/h1-7,13H,(H,14,15)(H,16,17). The average molecular weight is 266 g/mol. The largest absolute Gasteiger partial charge is 0.347 e. The van der Waals surface area contributed by atoms with Crippen molar-refractivity contribution < 1.29 is 0 Å². The maximum atomic E-state index is 4.30. The number of hydrogen-bond acceptors (Lipinski definition) is 4. The molecule has 0 atom stereocenters. The van der Waals surface area contributed by atoms with Crippen LogP contribution < -0.4 is 0 Å². The molecule has 8 nitrogen and oxygen atoms in total. The molecule has 0 bridgehead atoms. The normalized spacial score (nSPS) is 11.0. The molecule has 0 aliphatic heterocycles. The monoisotopic (exact) mass is 266 g/mol. The number of rotatable bonds is 3. The van der Waals surface area contributed by atoms with Gasteiger partial charge in [-0.1, -0.05) is 5.21 Å². The Balaban J connectivity index is 1.98. The minimum atomic E-state index is 0.687. The highest BCUT2D eigenvalue weighted by atomic mass is 15.5. The summed E-state index contributed by atoms with van der Waals surface area (Å²) >= 11 is 0. The van der Waals surface area contributed by atoms with Gasteiger partial charge in [0.05, 0.1) is 5.69 Å². The maximum absolute atomic E-state index is 4.30. The molecule has 0 spiro atoms. The fourth-order valence-corrected chi connectivity index (χ4v) is 2.08. The summed E-state index contributed by atoms with van der Waals surface area (Å²) in [6, 6.07) is 5.66. The van der Waals surface area contributed by atoms with E-state index in [0.717, 1.165) is 17.2 Å². The van der Waals surface area contributed by atoms with Crippen LogP contribution in [0, 0.1) is 0 Å². The second kappa shape index (κ2) is 4.19. The molecule has 4 rings (SSSR count). The summed E-state index contributed by atoms with van der Waals surface area (Å²) < 4.78 is 1.70. The van der Waals surface area contributed by atoms with Gasteiger partial charge in [-0.2, -0.15) is 9.78 Å². The highest BCUT2D eigenvalue weighted by Gasteiger charge is 2.20. The van der Waals surface area contributed by atoms with Crippen molar-refractivity contribution in [2.45, 2.75) is 0 Å². The van der Waals surface area contributed by atoms with Crippen molar-refractivity contribution in [2.24, 2.45) is 0 Å². The molecule has 0 aliphatic carbocycles. The fraction of sp³-hybridized carbons (Fsp3) is 0. The highest BCUT2D eigenvalue weighted by Crippen LogP contribution is 2.28. The molecule has 0 saturated carbocycles. The van der Waals surface area contributed by atoms with Crippen molar-refractivity contribution in [2.75, 3.05) is 0 Å². The first-order valence-corrected chi connectivity index (χ1v) is 6.02. The summed E-state index contributed by atoms with van der Waals surface area (Å²) in [4.78, 5) is 10.5. The molecule has 0 unspecified atom stereocenters. The lowest BCUT2D eigenvalue weighted by Gasteiger charge is -2.02. The van der Waals surface area contributed by atoms with Gasteiger partial charge in [-0.15, -0.1) is 5.10 Å². The van der Waals surface area contributed by atoms with Crippen LogP contribution in [0.4, 0.5) is 0 Å². The van der Waals surface area contributed by atoms with E-state index in [1.165, 1.54) is 0 Å². The second-order valence-electron chi connectivity index (χ2n) is 4.16. The number of H-pyrrole nitrogens is 3. The number of nitrogens with one attached hydrogen (secondary N) is 3. The lowest BCUT2D eigenvalue weighted by molar-refractivity contribution is 0.788. The Morgan fingerprint density at radius 2 is 2.05 bits per heavy atom. The summed E-state index contributed by atoms with van der Waals surface area (Å²) in [5.74, 6) is 1.50. The van der Waals surface area contributed by atoms with Crippen LogP contribution in [-0.2, 0) is 0 Å². The minimum Gasteiger partial charge on any atom is -0.347 e. The molecule has 0 saturated heterocycles. The second-order valence-corrected chi connectivity index (χ2v) is 4.16. The Labute approximate surface area is 112 Å². The van der Waals surface area contributed by atoms with E-state index < -0.39 is 0 Å². The molecule has 4 aromatic heterocycles. The molecule has 8 heteroatoms. The van der Waals surface area contributed by atoms with Crippen molar-refractivity contribution in [3.05, 3.63) is 43.0 Å². The van der Waals surface area contributed by atoms with Crippen LogP contribution in [-0.4, -0.2) is 40.1 Å². The summed E-state index contributed by atoms with van der Waals surface area (Å²) in [5.41, 5.74) is 2.24. The van der Waals surface area contributed by atoms with Crippen molar-refractivity contribution in [3.63, 3.8) is 0 Å². The predicted octanol–water partition coefficient (Wildman–Crippen LogP) is 1.38. The predicted molar refractivity (Wildman–Crippen MR) is 70.9 cm³/mol. The minimum absolute atomic E-state index is 0.687. The number of hydrogen-bond donors (Lipinski definition) is 3. The van der Waals surface area contributed by atoms with Crippen LogP contribution in [0.15, 0.2) is 43.0 Å².